The molecule has 3 aromatic rings. The van der Waals surface area contributed by atoms with Crippen LogP contribution in [0.2, 0.25) is 0 Å². The number of anilines is 2. The van der Waals surface area contributed by atoms with Crippen molar-refractivity contribution < 1.29 is 23.5 Å². The Morgan fingerprint density at radius 3 is 2.47 bits per heavy atom. The lowest BCUT2D eigenvalue weighted by Crippen LogP contribution is -2.30. The predicted molar refractivity (Wildman–Crippen MR) is 119 cm³/mol. The van der Waals surface area contributed by atoms with E-state index < -0.39 is 17.7 Å². The second-order valence-corrected chi connectivity index (χ2v) is 7.98. The monoisotopic (exact) mass is 455 g/mol. The Balaban J connectivity index is 1.57. The van der Waals surface area contributed by atoms with Gasteiger partial charge in [-0.15, -0.1) is 11.3 Å². The molecule has 0 bridgehead atoms. The zero-order valence-corrected chi connectivity index (χ0v) is 18.7. The molecule has 1 N–H and O–H groups in total. The van der Waals surface area contributed by atoms with Crippen molar-refractivity contribution in [3.8, 4) is 0 Å². The van der Waals surface area contributed by atoms with Crippen LogP contribution in [0.25, 0.3) is 0 Å². The van der Waals surface area contributed by atoms with E-state index in [4.69, 9.17) is 4.74 Å². The second kappa shape index (κ2) is 10.1. The molecule has 1 aromatic heterocycles. The lowest BCUT2D eigenvalue weighted by Gasteiger charge is -2.18. The van der Waals surface area contributed by atoms with E-state index in [1.165, 1.54) is 25.1 Å². The van der Waals surface area contributed by atoms with Gasteiger partial charge in [-0.1, -0.05) is 29.3 Å². The highest BCUT2D eigenvalue weighted by Crippen LogP contribution is 2.30. The fourth-order valence-electron chi connectivity index (χ4n) is 3.07. The van der Waals surface area contributed by atoms with Gasteiger partial charge < -0.3 is 10.1 Å². The third-order valence-corrected chi connectivity index (χ3v) is 5.27. The zero-order valence-electron chi connectivity index (χ0n) is 17.8. The number of thiazole rings is 1. The standard InChI is InChI=1S/C23H22FN3O4S/c1-14-8-15(2)10-17(9-14)22(30)25-11-21(29)31-12-18-13-32-23(26-18)27(16(3)28)20-7-5-4-6-19(20)24/h4-10,13H,11-12H2,1-3H3,(H,25,30). The molecule has 3 rings (SSSR count). The molecular weight excluding hydrogens is 433 g/mol. The molecule has 0 saturated heterocycles. The van der Waals surface area contributed by atoms with Gasteiger partial charge in [0, 0.05) is 17.9 Å². The SMILES string of the molecule is CC(=O)N(c1nc(COC(=O)CNC(=O)c2cc(C)cc(C)c2)cs1)c1ccccc1F. The molecule has 0 fully saturated rings. The first kappa shape index (κ1) is 23.1. The average molecular weight is 456 g/mol. The van der Waals surface area contributed by atoms with E-state index in [1.54, 1.807) is 23.6 Å². The first-order valence-corrected chi connectivity index (χ1v) is 10.6. The number of ether oxygens (including phenoxy) is 1. The number of aryl methyl sites for hydroxylation is 2. The van der Waals surface area contributed by atoms with E-state index >= 15 is 0 Å². The Labute approximate surface area is 188 Å². The van der Waals surface area contributed by atoms with E-state index in [9.17, 15) is 18.8 Å². The number of halogens is 1. The number of nitrogens with one attached hydrogen (secondary N) is 1. The summed E-state index contributed by atoms with van der Waals surface area (Å²) in [6.45, 7) is 4.65. The maximum atomic E-state index is 14.1. The fraction of sp³-hybridized carbons (Fsp3) is 0.217. The number of esters is 1. The number of carbonyl (C=O) groups is 3. The Morgan fingerprint density at radius 1 is 1.12 bits per heavy atom. The van der Waals surface area contributed by atoms with Crippen molar-refractivity contribution in [1.82, 2.24) is 10.3 Å². The Morgan fingerprint density at radius 2 is 1.81 bits per heavy atom. The minimum absolute atomic E-state index is 0.0898. The van der Waals surface area contributed by atoms with Crippen LogP contribution in [0.15, 0.2) is 47.8 Å². The maximum absolute atomic E-state index is 14.1. The van der Waals surface area contributed by atoms with Crippen molar-refractivity contribution in [2.75, 3.05) is 11.4 Å². The molecule has 32 heavy (non-hydrogen) atoms. The normalized spacial score (nSPS) is 10.5. The molecule has 166 valence electrons. The molecule has 7 nitrogen and oxygen atoms in total. The summed E-state index contributed by atoms with van der Waals surface area (Å²) >= 11 is 1.13. The molecule has 0 unspecified atom stereocenters. The van der Waals surface area contributed by atoms with Gasteiger partial charge in [-0.3, -0.25) is 19.3 Å². The molecule has 0 spiro atoms. The Bertz CT molecular complexity index is 1140. The van der Waals surface area contributed by atoms with Gasteiger partial charge in [0.2, 0.25) is 5.91 Å². The van der Waals surface area contributed by atoms with Crippen LogP contribution in [0.5, 0.6) is 0 Å². The molecule has 2 aromatic carbocycles. The Kier molecular flexibility index (Phi) is 7.32. The van der Waals surface area contributed by atoms with Crippen molar-refractivity contribution >= 4 is 39.9 Å². The van der Waals surface area contributed by atoms with E-state index in [0.29, 0.717) is 11.3 Å². The van der Waals surface area contributed by atoms with Gasteiger partial charge in [0.1, 0.15) is 19.0 Å². The first-order valence-electron chi connectivity index (χ1n) is 9.76. The number of rotatable bonds is 7. The number of nitrogens with zero attached hydrogens (tertiary/aromatic N) is 2. The fourth-order valence-corrected chi connectivity index (χ4v) is 3.94. The first-order chi connectivity index (χ1) is 15.2. The quantitative estimate of drug-likeness (QED) is 0.543. The number of carbonyl (C=O) groups excluding carboxylic acids is 3. The highest BCUT2D eigenvalue weighted by atomic mass is 32.1. The average Bonchev–Trinajstić information content (AvgIpc) is 3.19. The molecule has 0 aliphatic carbocycles. The highest BCUT2D eigenvalue weighted by Gasteiger charge is 2.21. The minimum atomic E-state index is -0.630. The predicted octanol–water partition coefficient (Wildman–Crippen LogP) is 4.06. The van der Waals surface area contributed by atoms with Crippen molar-refractivity contribution in [2.24, 2.45) is 0 Å². The number of amides is 2. The largest absolute Gasteiger partial charge is 0.458 e. The van der Waals surface area contributed by atoms with Gasteiger partial charge in [0.15, 0.2) is 5.13 Å². The van der Waals surface area contributed by atoms with Crippen LogP contribution in [0.3, 0.4) is 0 Å². The maximum Gasteiger partial charge on any atom is 0.325 e. The van der Waals surface area contributed by atoms with Crippen molar-refractivity contribution in [3.63, 3.8) is 0 Å². The summed E-state index contributed by atoms with van der Waals surface area (Å²) in [5, 5.41) is 4.41. The van der Waals surface area contributed by atoms with Crippen LogP contribution in [-0.4, -0.2) is 29.3 Å². The Hall–Kier alpha value is -3.59. The van der Waals surface area contributed by atoms with Gasteiger partial charge in [-0.25, -0.2) is 9.37 Å². The van der Waals surface area contributed by atoms with Crippen molar-refractivity contribution in [2.45, 2.75) is 27.4 Å². The van der Waals surface area contributed by atoms with Crippen molar-refractivity contribution in [3.05, 3.63) is 76.0 Å². The molecule has 2 amide bonds. The van der Waals surface area contributed by atoms with Gasteiger partial charge in [0.25, 0.3) is 5.91 Å². The molecule has 1 heterocycles. The third-order valence-electron chi connectivity index (χ3n) is 4.40. The van der Waals surface area contributed by atoms with Crippen molar-refractivity contribution in [1.29, 1.82) is 0 Å². The number of hydrogen-bond acceptors (Lipinski definition) is 6. The van der Waals surface area contributed by atoms with Crippen LogP contribution >= 0.6 is 11.3 Å². The van der Waals surface area contributed by atoms with Gasteiger partial charge in [0.05, 0.1) is 11.4 Å². The summed E-state index contributed by atoms with van der Waals surface area (Å²) < 4.78 is 19.3. The number of para-hydroxylation sites is 1. The summed E-state index contributed by atoms with van der Waals surface area (Å²) in [7, 11) is 0. The van der Waals surface area contributed by atoms with Gasteiger partial charge in [-0.05, 0) is 38.1 Å². The summed E-state index contributed by atoms with van der Waals surface area (Å²) in [5.74, 6) is -1.95. The third kappa shape index (κ3) is 5.76. The van der Waals surface area contributed by atoms with E-state index in [1.807, 2.05) is 19.9 Å². The second-order valence-electron chi connectivity index (χ2n) is 7.15. The van der Waals surface area contributed by atoms with E-state index in [-0.39, 0.29) is 29.9 Å². The summed E-state index contributed by atoms with van der Waals surface area (Å²) in [4.78, 5) is 41.8. The molecular formula is C23H22FN3O4S. The molecule has 9 heteroatoms. The zero-order chi connectivity index (χ0) is 23.3. The highest BCUT2D eigenvalue weighted by molar-refractivity contribution is 7.14. The molecule has 0 aliphatic rings. The topological polar surface area (TPSA) is 88.6 Å². The summed E-state index contributed by atoms with van der Waals surface area (Å²) in [5.41, 5.74) is 2.87. The van der Waals surface area contributed by atoms with E-state index in [0.717, 1.165) is 27.4 Å². The summed E-state index contributed by atoms with van der Waals surface area (Å²) in [6.07, 6.45) is 0. The molecule has 0 saturated carbocycles. The van der Waals surface area contributed by atoms with E-state index in [2.05, 4.69) is 10.3 Å². The minimum Gasteiger partial charge on any atom is -0.458 e. The van der Waals surface area contributed by atoms with Gasteiger partial charge in [-0.2, -0.15) is 0 Å². The number of aromatic nitrogens is 1. The van der Waals surface area contributed by atoms with Crippen LogP contribution in [-0.2, 0) is 20.9 Å². The van der Waals surface area contributed by atoms with Crippen LogP contribution < -0.4 is 10.2 Å². The lowest BCUT2D eigenvalue weighted by atomic mass is 10.1. The summed E-state index contributed by atoms with van der Waals surface area (Å²) in [6, 6.07) is 11.3. The van der Waals surface area contributed by atoms with Gasteiger partial charge >= 0.3 is 5.97 Å². The molecule has 0 atom stereocenters. The lowest BCUT2D eigenvalue weighted by molar-refractivity contribution is -0.143. The van der Waals surface area contributed by atoms with Crippen LogP contribution in [0, 0.1) is 19.7 Å². The smallest absolute Gasteiger partial charge is 0.325 e. The number of benzene rings is 2. The molecule has 0 radical (unpaired) electrons. The number of hydrogen-bond donors (Lipinski definition) is 1. The van der Waals surface area contributed by atoms with Crippen LogP contribution in [0.4, 0.5) is 15.2 Å². The molecule has 0 aliphatic heterocycles. The van der Waals surface area contributed by atoms with Crippen LogP contribution in [0.1, 0.15) is 34.1 Å².